The second-order valence-electron chi connectivity index (χ2n) is 12.2. The molecule has 0 saturated carbocycles. The van der Waals surface area contributed by atoms with Crippen LogP contribution in [0.5, 0.6) is 0 Å². The Morgan fingerprint density at radius 2 is 1.20 bits per heavy atom. The number of hydrogen-bond donors (Lipinski definition) is 12. The Balaban J connectivity index is 1.66. The number of hydrogen-bond acceptors (Lipinski definition) is 18. The molecule has 19 nitrogen and oxygen atoms in total. The van der Waals surface area contributed by atoms with Gasteiger partial charge in [-0.25, -0.2) is 0 Å². The molecule has 3 aliphatic rings. The molecule has 3 heterocycles. The number of amides is 1. The van der Waals surface area contributed by atoms with E-state index in [9.17, 15) is 61.0 Å². The molecule has 3 saturated heterocycles. The molecule has 0 aromatic carbocycles. The minimum Gasteiger partial charge on any atom is -0.394 e. The van der Waals surface area contributed by atoms with E-state index in [0.717, 1.165) is 12.8 Å². The summed E-state index contributed by atoms with van der Waals surface area (Å²) in [5.74, 6) is -0.378. The van der Waals surface area contributed by atoms with E-state index >= 15 is 0 Å². The van der Waals surface area contributed by atoms with Gasteiger partial charge >= 0.3 is 0 Å². The zero-order chi connectivity index (χ0) is 36.4. The molecule has 3 rings (SSSR count). The maximum Gasteiger partial charge on any atom is 0.220 e. The van der Waals surface area contributed by atoms with E-state index in [1.807, 2.05) is 6.92 Å². The Hall–Kier alpha value is -1.47. The van der Waals surface area contributed by atoms with E-state index < -0.39 is 124 Å². The summed E-state index contributed by atoms with van der Waals surface area (Å²) in [7, 11) is 0. The molecule has 0 aromatic heterocycles. The highest BCUT2D eigenvalue weighted by atomic mass is 16.8. The summed E-state index contributed by atoms with van der Waals surface area (Å²) in [5.41, 5.74) is 0. The van der Waals surface area contributed by atoms with Gasteiger partial charge in [0.25, 0.3) is 0 Å². The molecule has 12 N–H and O–H groups in total. The molecule has 19 heteroatoms. The van der Waals surface area contributed by atoms with Crippen molar-refractivity contribution in [1.29, 1.82) is 0 Å². The topological polar surface area (TPSA) is 307 Å². The maximum absolute atomic E-state index is 12.1. The molecule has 0 aromatic rings. The van der Waals surface area contributed by atoms with E-state index in [4.69, 9.17) is 28.4 Å². The first-order chi connectivity index (χ1) is 23.3. The number of rotatable bonds is 17. The van der Waals surface area contributed by atoms with Gasteiger partial charge in [-0.1, -0.05) is 38.8 Å². The van der Waals surface area contributed by atoms with Crippen LogP contribution in [0, 0.1) is 0 Å². The minimum atomic E-state index is -1.97. The number of carbonyl (C=O) groups excluding carboxylic acids is 1. The van der Waals surface area contributed by atoms with Gasteiger partial charge in [-0.15, -0.1) is 0 Å². The van der Waals surface area contributed by atoms with Gasteiger partial charge in [0, 0.05) is 6.42 Å². The number of aliphatic hydroxyl groups excluding tert-OH is 11. The van der Waals surface area contributed by atoms with Gasteiger partial charge in [-0.2, -0.15) is 0 Å². The predicted molar refractivity (Wildman–Crippen MR) is 162 cm³/mol. The largest absolute Gasteiger partial charge is 0.394 e. The summed E-state index contributed by atoms with van der Waals surface area (Å²) < 4.78 is 33.3. The van der Waals surface area contributed by atoms with Crippen LogP contribution in [-0.4, -0.2) is 193 Å². The molecular weight excluding hydrogens is 662 g/mol. The van der Waals surface area contributed by atoms with Crippen molar-refractivity contribution in [2.24, 2.45) is 0 Å². The fourth-order valence-corrected chi connectivity index (χ4v) is 5.61. The third-order valence-electron chi connectivity index (χ3n) is 8.65. The van der Waals surface area contributed by atoms with Crippen LogP contribution in [0.4, 0.5) is 0 Å². The fraction of sp³-hybridized carbons (Fsp3) is 0.900. The zero-order valence-electron chi connectivity index (χ0n) is 27.4. The van der Waals surface area contributed by atoms with Crippen LogP contribution in [0.3, 0.4) is 0 Å². The number of aliphatic hydroxyl groups is 11. The highest BCUT2D eigenvalue weighted by molar-refractivity contribution is 5.75. The van der Waals surface area contributed by atoms with Gasteiger partial charge < -0.3 is 89.9 Å². The van der Waals surface area contributed by atoms with Crippen molar-refractivity contribution in [1.82, 2.24) is 5.32 Å². The summed E-state index contributed by atoms with van der Waals surface area (Å²) in [6.07, 6.45) is -20.7. The van der Waals surface area contributed by atoms with Crippen LogP contribution >= 0.6 is 0 Å². The summed E-state index contributed by atoms with van der Waals surface area (Å²) >= 11 is 0. The molecule has 17 atom stereocenters. The van der Waals surface area contributed by atoms with E-state index in [0.29, 0.717) is 6.42 Å². The molecule has 17 unspecified atom stereocenters. The van der Waals surface area contributed by atoms with Crippen molar-refractivity contribution in [3.05, 3.63) is 12.2 Å². The molecule has 0 radical (unpaired) electrons. The second kappa shape index (κ2) is 20.0. The summed E-state index contributed by atoms with van der Waals surface area (Å²) in [4.78, 5) is 12.1. The monoisotopic (exact) mass is 715 g/mol. The molecule has 0 aliphatic carbocycles. The van der Waals surface area contributed by atoms with Gasteiger partial charge in [-0.05, 0) is 6.42 Å². The average Bonchev–Trinajstić information content (AvgIpc) is 3.10. The van der Waals surface area contributed by atoms with Gasteiger partial charge in [0.05, 0.1) is 38.6 Å². The van der Waals surface area contributed by atoms with Crippen LogP contribution in [-0.2, 0) is 33.2 Å². The maximum atomic E-state index is 12.1. The number of unbranched alkanes of at least 4 members (excludes halogenated alkanes) is 2. The Bertz CT molecular complexity index is 1000. The van der Waals surface area contributed by atoms with Gasteiger partial charge in [0.2, 0.25) is 5.91 Å². The Morgan fingerprint density at radius 1 is 0.714 bits per heavy atom. The van der Waals surface area contributed by atoms with Crippen LogP contribution < -0.4 is 5.32 Å². The zero-order valence-corrected chi connectivity index (χ0v) is 27.4. The molecule has 3 aliphatic heterocycles. The number of ether oxygens (including phenoxy) is 6. The fourth-order valence-electron chi connectivity index (χ4n) is 5.61. The Labute approximate surface area is 283 Å². The van der Waals surface area contributed by atoms with Crippen molar-refractivity contribution >= 4 is 5.91 Å². The molecule has 3 fully saturated rings. The summed E-state index contributed by atoms with van der Waals surface area (Å²) in [6.45, 7) is 0.851. The van der Waals surface area contributed by atoms with Gasteiger partial charge in [0.15, 0.2) is 18.9 Å². The quantitative estimate of drug-likeness (QED) is 0.0494. The van der Waals surface area contributed by atoms with Crippen LogP contribution in [0.15, 0.2) is 12.2 Å². The van der Waals surface area contributed by atoms with Gasteiger partial charge in [0.1, 0.15) is 73.2 Å². The van der Waals surface area contributed by atoms with Crippen molar-refractivity contribution in [2.45, 2.75) is 144 Å². The second-order valence-corrected chi connectivity index (χ2v) is 12.2. The smallest absolute Gasteiger partial charge is 0.220 e. The SMILES string of the molecule is CCCC/C=C/C(O)C(COC1OC(CO)C(OC2OC(CO)C(OC3OC(CO)C(O)C(O)C3O)C(O)C2O)C(O)C1O)NC(=O)CC. The van der Waals surface area contributed by atoms with E-state index in [2.05, 4.69) is 5.32 Å². The average molecular weight is 716 g/mol. The van der Waals surface area contributed by atoms with Crippen LogP contribution in [0.1, 0.15) is 39.5 Å². The van der Waals surface area contributed by atoms with Crippen molar-refractivity contribution in [3.63, 3.8) is 0 Å². The number of allylic oxidation sites excluding steroid dienone is 1. The predicted octanol–water partition coefficient (Wildman–Crippen LogP) is -5.55. The molecule has 0 bridgehead atoms. The molecule has 0 spiro atoms. The van der Waals surface area contributed by atoms with E-state index in [-0.39, 0.29) is 18.9 Å². The highest BCUT2D eigenvalue weighted by Crippen LogP contribution is 2.32. The lowest BCUT2D eigenvalue weighted by Crippen LogP contribution is -2.66. The first-order valence-electron chi connectivity index (χ1n) is 16.4. The van der Waals surface area contributed by atoms with Crippen molar-refractivity contribution < 1.29 is 89.4 Å². The minimum absolute atomic E-state index is 0.122. The standard InChI is InChI=1S/C30H53NO18/c1-3-5-6-7-8-14(35)13(31-18(36)4-2)12-44-28-24(42)21(39)26(16(10-33)46-28)49-30-25(43)22(40)27(17(11-34)47-30)48-29-23(41)20(38)19(37)15(9-32)45-29/h7-8,13-17,19-30,32-35,37-43H,3-6,9-12H2,1-2H3,(H,31,36)/b8-7+. The molecule has 1 amide bonds. The lowest BCUT2D eigenvalue weighted by atomic mass is 9.96. The third kappa shape index (κ3) is 10.5. The molecule has 286 valence electrons. The lowest BCUT2D eigenvalue weighted by Gasteiger charge is -2.48. The van der Waals surface area contributed by atoms with Gasteiger partial charge in [-0.3, -0.25) is 4.79 Å². The van der Waals surface area contributed by atoms with Crippen molar-refractivity contribution in [3.8, 4) is 0 Å². The molecular formula is C30H53NO18. The Kier molecular flexibility index (Phi) is 17.1. The first kappa shape index (κ1) is 41.9. The van der Waals surface area contributed by atoms with Crippen LogP contribution in [0.25, 0.3) is 0 Å². The summed E-state index contributed by atoms with van der Waals surface area (Å²) in [5, 5.41) is 117. The van der Waals surface area contributed by atoms with E-state index in [1.165, 1.54) is 6.08 Å². The van der Waals surface area contributed by atoms with Crippen LogP contribution in [0.2, 0.25) is 0 Å². The summed E-state index contributed by atoms with van der Waals surface area (Å²) in [6, 6.07) is -0.958. The Morgan fingerprint density at radius 3 is 1.71 bits per heavy atom. The highest BCUT2D eigenvalue weighted by Gasteiger charge is 2.53. The third-order valence-corrected chi connectivity index (χ3v) is 8.65. The first-order valence-corrected chi connectivity index (χ1v) is 16.4. The number of nitrogens with one attached hydrogen (secondary N) is 1. The molecule has 49 heavy (non-hydrogen) atoms. The normalized spacial score (nSPS) is 41.4. The van der Waals surface area contributed by atoms with Crippen molar-refractivity contribution in [2.75, 3.05) is 26.4 Å². The number of carbonyl (C=O) groups is 1. The lowest BCUT2D eigenvalue weighted by molar-refractivity contribution is -0.379. The van der Waals surface area contributed by atoms with E-state index in [1.54, 1.807) is 13.0 Å².